The van der Waals surface area contributed by atoms with Gasteiger partial charge in [-0.1, -0.05) is 11.8 Å². The number of hydrogen-bond donors (Lipinski definition) is 2. The van der Waals surface area contributed by atoms with E-state index in [1.807, 2.05) is 12.3 Å². The van der Waals surface area contributed by atoms with Gasteiger partial charge >= 0.3 is 0 Å². The molecule has 0 aromatic carbocycles. The number of nitrogens with one attached hydrogen (secondary N) is 1. The lowest BCUT2D eigenvalue weighted by Gasteiger charge is -2.23. The Morgan fingerprint density at radius 1 is 1.26 bits per heavy atom. The van der Waals surface area contributed by atoms with Crippen LogP contribution in [0.2, 0.25) is 0 Å². The maximum absolute atomic E-state index is 5.43. The molecule has 0 spiro atoms. The summed E-state index contributed by atoms with van der Waals surface area (Å²) in [5.74, 6) is 6.82. The fraction of sp³-hybridized carbons (Fsp3) is 0.636. The Kier molecular flexibility index (Phi) is 7.49. The number of methoxy groups -OCH3 is 2. The Bertz CT molecular complexity index is 350. The molecule has 0 bridgehead atoms. The van der Waals surface area contributed by atoms with Crippen LogP contribution in [0.5, 0.6) is 0 Å². The summed E-state index contributed by atoms with van der Waals surface area (Å²) in [6.07, 6.45) is 1.92. The molecule has 0 fully saturated rings. The quantitative estimate of drug-likeness (QED) is 0.295. The van der Waals surface area contributed by atoms with Gasteiger partial charge < -0.3 is 19.8 Å². The third-order valence-corrected chi connectivity index (χ3v) is 3.02. The van der Waals surface area contributed by atoms with Gasteiger partial charge in [-0.15, -0.1) is 0 Å². The topological polar surface area (TPSA) is 85.5 Å². The molecule has 0 saturated heterocycles. The van der Waals surface area contributed by atoms with Crippen molar-refractivity contribution in [1.29, 1.82) is 0 Å². The minimum absolute atomic E-state index is 0.592. The largest absolute Gasteiger partial charge is 0.383 e. The first-order chi connectivity index (χ1) is 9.24. The Balaban J connectivity index is 2.91. The Morgan fingerprint density at radius 3 is 2.37 bits per heavy atom. The summed E-state index contributed by atoms with van der Waals surface area (Å²) >= 11 is 1.47. The van der Waals surface area contributed by atoms with Crippen molar-refractivity contribution < 1.29 is 9.47 Å². The van der Waals surface area contributed by atoms with E-state index >= 15 is 0 Å². The Morgan fingerprint density at radius 2 is 1.89 bits per heavy atom. The highest BCUT2D eigenvalue weighted by Crippen LogP contribution is 2.19. The molecule has 0 unspecified atom stereocenters. The van der Waals surface area contributed by atoms with E-state index in [1.165, 1.54) is 11.8 Å². The van der Waals surface area contributed by atoms with Crippen LogP contribution in [0, 0.1) is 0 Å². The molecule has 1 aromatic heterocycles. The van der Waals surface area contributed by atoms with Gasteiger partial charge in [-0.25, -0.2) is 15.8 Å². The Labute approximate surface area is 117 Å². The van der Waals surface area contributed by atoms with E-state index in [9.17, 15) is 0 Å². The second-order valence-corrected chi connectivity index (χ2v) is 4.49. The zero-order chi connectivity index (χ0) is 14.1. The zero-order valence-corrected chi connectivity index (χ0v) is 12.4. The molecule has 8 heteroatoms. The summed E-state index contributed by atoms with van der Waals surface area (Å²) in [7, 11) is 3.35. The summed E-state index contributed by atoms with van der Waals surface area (Å²) in [5, 5.41) is 0.672. The van der Waals surface area contributed by atoms with Crippen molar-refractivity contribution in [2.24, 2.45) is 5.84 Å². The van der Waals surface area contributed by atoms with Crippen LogP contribution < -0.4 is 16.2 Å². The van der Waals surface area contributed by atoms with E-state index in [2.05, 4.69) is 20.3 Å². The molecule has 1 aromatic rings. The van der Waals surface area contributed by atoms with Gasteiger partial charge in [0.1, 0.15) is 11.6 Å². The minimum atomic E-state index is 0.592. The number of thioether (sulfide) groups is 1. The predicted octanol–water partition coefficient (Wildman–Crippen LogP) is 0.583. The van der Waals surface area contributed by atoms with Gasteiger partial charge in [0.05, 0.1) is 13.2 Å². The molecular weight excluding hydrogens is 266 g/mol. The van der Waals surface area contributed by atoms with E-state index in [1.54, 1.807) is 14.2 Å². The molecule has 1 rings (SSSR count). The maximum Gasteiger partial charge on any atom is 0.191 e. The summed E-state index contributed by atoms with van der Waals surface area (Å²) in [6, 6.07) is 1.81. The SMILES string of the molecule is COCCN(CCOC)c1cc(NN)nc(SC)n1. The number of nitrogens with zero attached hydrogens (tertiary/aromatic N) is 3. The van der Waals surface area contributed by atoms with Crippen molar-refractivity contribution in [3.05, 3.63) is 6.07 Å². The standard InChI is InChI=1S/C11H21N5O2S/c1-17-6-4-16(5-7-18-2)10-8-9(15-12)13-11(14-10)19-3/h8H,4-7,12H2,1-3H3,(H,13,14,15). The van der Waals surface area contributed by atoms with Crippen LogP contribution in [0.25, 0.3) is 0 Å². The van der Waals surface area contributed by atoms with E-state index in [4.69, 9.17) is 15.3 Å². The smallest absolute Gasteiger partial charge is 0.191 e. The molecule has 0 amide bonds. The normalized spacial score (nSPS) is 10.5. The molecule has 1 heterocycles. The number of nitrogen functional groups attached to an aromatic ring is 1. The van der Waals surface area contributed by atoms with Crippen molar-refractivity contribution in [1.82, 2.24) is 9.97 Å². The van der Waals surface area contributed by atoms with Crippen LogP contribution in [0.4, 0.5) is 11.6 Å². The summed E-state index contributed by atoms with van der Waals surface area (Å²) in [4.78, 5) is 10.8. The average molecular weight is 287 g/mol. The van der Waals surface area contributed by atoms with Crippen molar-refractivity contribution >= 4 is 23.4 Å². The van der Waals surface area contributed by atoms with Crippen LogP contribution in [0.1, 0.15) is 0 Å². The number of hydrazine groups is 1. The number of nitrogens with two attached hydrogens (primary N) is 1. The second-order valence-electron chi connectivity index (χ2n) is 3.72. The van der Waals surface area contributed by atoms with Gasteiger partial charge in [0.15, 0.2) is 5.16 Å². The number of rotatable bonds is 9. The zero-order valence-electron chi connectivity index (χ0n) is 11.5. The summed E-state index contributed by atoms with van der Waals surface area (Å²) in [5.41, 5.74) is 2.56. The van der Waals surface area contributed by atoms with Crippen LogP contribution in [-0.4, -0.2) is 56.7 Å². The summed E-state index contributed by atoms with van der Waals surface area (Å²) < 4.78 is 10.2. The van der Waals surface area contributed by atoms with Gasteiger partial charge in [-0.05, 0) is 6.26 Å². The van der Waals surface area contributed by atoms with Gasteiger partial charge in [-0.2, -0.15) is 0 Å². The lowest BCUT2D eigenvalue weighted by atomic mass is 10.4. The van der Waals surface area contributed by atoms with Gasteiger partial charge in [-0.3, -0.25) is 0 Å². The molecule has 3 N–H and O–H groups in total. The Hall–Kier alpha value is -1.09. The van der Waals surface area contributed by atoms with Crippen LogP contribution in [0.3, 0.4) is 0 Å². The first kappa shape index (κ1) is 16.0. The van der Waals surface area contributed by atoms with Crippen LogP contribution >= 0.6 is 11.8 Å². The maximum atomic E-state index is 5.43. The van der Waals surface area contributed by atoms with E-state index in [0.29, 0.717) is 24.2 Å². The van der Waals surface area contributed by atoms with Crippen molar-refractivity contribution in [2.75, 3.05) is 57.1 Å². The monoisotopic (exact) mass is 287 g/mol. The summed E-state index contributed by atoms with van der Waals surface area (Å²) in [6.45, 7) is 2.70. The number of aromatic nitrogens is 2. The minimum Gasteiger partial charge on any atom is -0.383 e. The molecule has 0 aliphatic heterocycles. The highest BCUT2D eigenvalue weighted by molar-refractivity contribution is 7.98. The fourth-order valence-corrected chi connectivity index (χ4v) is 1.86. The van der Waals surface area contributed by atoms with E-state index in [0.717, 1.165) is 18.9 Å². The highest BCUT2D eigenvalue weighted by Gasteiger charge is 2.11. The molecule has 0 aliphatic rings. The predicted molar refractivity (Wildman–Crippen MR) is 77.6 cm³/mol. The van der Waals surface area contributed by atoms with Crippen molar-refractivity contribution in [2.45, 2.75) is 5.16 Å². The first-order valence-corrected chi connectivity index (χ1v) is 7.10. The number of ether oxygens (including phenoxy) is 2. The molecule has 7 nitrogen and oxygen atoms in total. The first-order valence-electron chi connectivity index (χ1n) is 5.87. The van der Waals surface area contributed by atoms with Gasteiger partial charge in [0, 0.05) is 33.4 Å². The molecule has 0 saturated carbocycles. The van der Waals surface area contributed by atoms with Gasteiger partial charge in [0.2, 0.25) is 0 Å². The number of hydrogen-bond acceptors (Lipinski definition) is 8. The average Bonchev–Trinajstić information content (AvgIpc) is 2.46. The lowest BCUT2D eigenvalue weighted by molar-refractivity contribution is 0.190. The van der Waals surface area contributed by atoms with Crippen LogP contribution in [-0.2, 0) is 9.47 Å². The molecule has 0 atom stereocenters. The second kappa shape index (κ2) is 8.92. The molecular formula is C11H21N5O2S. The van der Waals surface area contributed by atoms with Crippen LogP contribution in [0.15, 0.2) is 11.2 Å². The molecule has 19 heavy (non-hydrogen) atoms. The van der Waals surface area contributed by atoms with E-state index in [-0.39, 0.29) is 0 Å². The lowest BCUT2D eigenvalue weighted by Crippen LogP contribution is -2.31. The van der Waals surface area contributed by atoms with E-state index < -0.39 is 0 Å². The fourth-order valence-electron chi connectivity index (χ4n) is 1.48. The molecule has 108 valence electrons. The number of anilines is 2. The molecule has 0 radical (unpaired) electrons. The van der Waals surface area contributed by atoms with Gasteiger partial charge in [0.25, 0.3) is 0 Å². The van der Waals surface area contributed by atoms with Crippen molar-refractivity contribution in [3.8, 4) is 0 Å². The highest BCUT2D eigenvalue weighted by atomic mass is 32.2. The van der Waals surface area contributed by atoms with Crippen molar-refractivity contribution in [3.63, 3.8) is 0 Å². The molecule has 0 aliphatic carbocycles. The third kappa shape index (κ3) is 5.19. The third-order valence-electron chi connectivity index (χ3n) is 2.48.